The minimum absolute atomic E-state index is 0.151. The summed E-state index contributed by atoms with van der Waals surface area (Å²) in [5, 5.41) is 4.83. The van der Waals surface area contributed by atoms with Gasteiger partial charge in [0, 0.05) is 22.2 Å². The molecule has 1 N–H and O–H groups in total. The third-order valence-electron chi connectivity index (χ3n) is 9.00. The van der Waals surface area contributed by atoms with E-state index < -0.39 is 0 Å². The zero-order valence-corrected chi connectivity index (χ0v) is 23.3. The van der Waals surface area contributed by atoms with E-state index in [-0.39, 0.29) is 5.91 Å². The molecule has 1 heterocycles. The van der Waals surface area contributed by atoms with Gasteiger partial charge in [-0.1, -0.05) is 34.8 Å². The second-order valence-corrected chi connectivity index (χ2v) is 12.6. The van der Waals surface area contributed by atoms with Gasteiger partial charge in [0.2, 0.25) is 0 Å². The Bertz CT molecular complexity index is 1290. The molecule has 4 fully saturated rings. The molecule has 4 nitrogen and oxygen atoms in total. The zero-order valence-electron chi connectivity index (χ0n) is 21.0. The molecule has 4 aliphatic rings. The Labute approximate surface area is 233 Å². The van der Waals surface area contributed by atoms with Crippen molar-refractivity contribution in [2.24, 2.45) is 29.6 Å². The van der Waals surface area contributed by atoms with E-state index in [9.17, 15) is 4.79 Å². The van der Waals surface area contributed by atoms with Crippen LogP contribution >= 0.6 is 34.8 Å². The first-order valence-corrected chi connectivity index (χ1v) is 14.6. The summed E-state index contributed by atoms with van der Waals surface area (Å²) in [6.45, 7) is 2.58. The lowest BCUT2D eigenvalue weighted by Gasteiger charge is -2.54. The van der Waals surface area contributed by atoms with Crippen LogP contribution in [-0.2, 0) is 0 Å². The average Bonchev–Trinajstić information content (AvgIpc) is 3.20. The van der Waals surface area contributed by atoms with Gasteiger partial charge in [-0.05, 0) is 124 Å². The minimum Gasteiger partial charge on any atom is -0.351 e. The molecule has 194 valence electrons. The summed E-state index contributed by atoms with van der Waals surface area (Å²) in [7, 11) is 0. The Kier molecular flexibility index (Phi) is 7.02. The maximum atomic E-state index is 13.3. The number of carbonyl (C=O) groups excluding carboxylic acids is 1. The van der Waals surface area contributed by atoms with Gasteiger partial charge in [-0.2, -0.15) is 0 Å². The van der Waals surface area contributed by atoms with E-state index >= 15 is 0 Å². The fraction of sp³-hybridized carbons (Fsp3) is 0.467. The van der Waals surface area contributed by atoms with Crippen LogP contribution in [0, 0.1) is 36.5 Å². The molecular formula is C30H32Cl3N3O. The number of carbonyl (C=O) groups is 1. The van der Waals surface area contributed by atoms with Crippen molar-refractivity contribution < 1.29 is 4.79 Å². The van der Waals surface area contributed by atoms with E-state index in [1.54, 1.807) is 12.1 Å². The molecular weight excluding hydrogens is 525 g/mol. The van der Waals surface area contributed by atoms with Gasteiger partial charge in [0.15, 0.2) is 0 Å². The van der Waals surface area contributed by atoms with E-state index in [1.165, 1.54) is 38.5 Å². The Morgan fingerprint density at radius 1 is 0.946 bits per heavy atom. The second-order valence-electron chi connectivity index (χ2n) is 11.3. The number of hydrogen-bond donors (Lipinski definition) is 1. The van der Waals surface area contributed by atoms with Gasteiger partial charge in [0.05, 0.1) is 16.4 Å². The Morgan fingerprint density at radius 3 is 2.24 bits per heavy atom. The van der Waals surface area contributed by atoms with E-state index in [0.717, 1.165) is 53.0 Å². The monoisotopic (exact) mass is 555 g/mol. The Balaban J connectivity index is 1.19. The molecule has 4 bridgehead atoms. The highest BCUT2D eigenvalue weighted by atomic mass is 35.5. The van der Waals surface area contributed by atoms with Crippen LogP contribution in [0.4, 0.5) is 0 Å². The smallest absolute Gasteiger partial charge is 0.271 e. The zero-order chi connectivity index (χ0) is 25.7. The van der Waals surface area contributed by atoms with Crippen molar-refractivity contribution in [1.29, 1.82) is 0 Å². The summed E-state index contributed by atoms with van der Waals surface area (Å²) >= 11 is 18.9. The first-order chi connectivity index (χ1) is 17.9. The van der Waals surface area contributed by atoms with Crippen molar-refractivity contribution in [3.63, 3.8) is 0 Å². The molecule has 0 atom stereocenters. The lowest BCUT2D eigenvalue weighted by molar-refractivity contribution is -0.0401. The lowest BCUT2D eigenvalue weighted by atomic mass is 9.51. The van der Waals surface area contributed by atoms with Crippen molar-refractivity contribution in [1.82, 2.24) is 14.9 Å². The van der Waals surface area contributed by atoms with Crippen LogP contribution in [-0.4, -0.2) is 22.0 Å². The maximum absolute atomic E-state index is 13.3. The summed E-state index contributed by atoms with van der Waals surface area (Å²) in [6.07, 6.45) is 9.51. The van der Waals surface area contributed by atoms with E-state index in [2.05, 4.69) is 5.32 Å². The van der Waals surface area contributed by atoms with Crippen LogP contribution in [0.1, 0.15) is 61.1 Å². The molecule has 37 heavy (non-hydrogen) atoms. The molecule has 3 aromatic rings. The van der Waals surface area contributed by atoms with Gasteiger partial charge in [-0.25, -0.2) is 4.98 Å². The SMILES string of the molecule is Cc1c(C(=O)NCCCC2C3CC4CC(C3)CC2C4)nc(-c2ccc(Cl)cc2)n1-c1ccc(Cl)cc1Cl. The van der Waals surface area contributed by atoms with Crippen LogP contribution in [0.25, 0.3) is 17.1 Å². The highest BCUT2D eigenvalue weighted by molar-refractivity contribution is 6.35. The Hall–Kier alpha value is -2.01. The topological polar surface area (TPSA) is 46.9 Å². The van der Waals surface area contributed by atoms with E-state index in [0.29, 0.717) is 33.1 Å². The third kappa shape index (κ3) is 4.93. The molecule has 2 aromatic carbocycles. The number of aromatic nitrogens is 2. The van der Waals surface area contributed by atoms with Crippen molar-refractivity contribution in [3.8, 4) is 17.1 Å². The van der Waals surface area contributed by atoms with Crippen molar-refractivity contribution in [3.05, 3.63) is 68.9 Å². The third-order valence-corrected chi connectivity index (χ3v) is 9.79. The van der Waals surface area contributed by atoms with Gasteiger partial charge in [0.1, 0.15) is 11.5 Å². The molecule has 4 saturated carbocycles. The van der Waals surface area contributed by atoms with Crippen LogP contribution in [0.2, 0.25) is 15.1 Å². The molecule has 1 amide bonds. The van der Waals surface area contributed by atoms with Gasteiger partial charge in [0.25, 0.3) is 5.91 Å². The molecule has 1 aromatic heterocycles. The maximum Gasteiger partial charge on any atom is 0.271 e. The predicted octanol–water partition coefficient (Wildman–Crippen LogP) is 8.39. The van der Waals surface area contributed by atoms with Gasteiger partial charge in [-0.3, -0.25) is 9.36 Å². The molecule has 0 saturated heterocycles. The van der Waals surface area contributed by atoms with Gasteiger partial charge >= 0.3 is 0 Å². The second kappa shape index (κ2) is 10.3. The van der Waals surface area contributed by atoms with Crippen LogP contribution < -0.4 is 5.32 Å². The molecule has 4 aliphatic carbocycles. The standard InChI is InChI=1S/C30H32Cl3N3O/c1-17-28(30(37)34-10-2-3-25-21-12-18-11-19(14-21)15-22(25)13-18)35-29(20-4-6-23(31)7-5-20)36(17)27-9-8-24(32)16-26(27)33/h4-9,16,18-19,21-22,25H,2-3,10-15H2,1H3,(H,34,37). The number of imidazole rings is 1. The Morgan fingerprint density at radius 2 is 1.59 bits per heavy atom. The number of halogens is 3. The summed E-state index contributed by atoms with van der Waals surface area (Å²) in [4.78, 5) is 18.1. The highest BCUT2D eigenvalue weighted by Gasteiger charge is 2.47. The first kappa shape index (κ1) is 25.3. The molecule has 7 rings (SSSR count). The van der Waals surface area contributed by atoms with Gasteiger partial charge < -0.3 is 5.32 Å². The summed E-state index contributed by atoms with van der Waals surface area (Å²) < 4.78 is 1.92. The molecule has 0 unspecified atom stereocenters. The normalized spacial score (nSPS) is 26.0. The lowest BCUT2D eigenvalue weighted by Crippen LogP contribution is -2.45. The van der Waals surface area contributed by atoms with E-state index in [4.69, 9.17) is 39.8 Å². The summed E-state index contributed by atoms with van der Waals surface area (Å²) in [6, 6.07) is 12.8. The van der Waals surface area contributed by atoms with Crippen molar-refractivity contribution in [2.75, 3.05) is 6.54 Å². The number of hydrogen-bond acceptors (Lipinski definition) is 2. The van der Waals surface area contributed by atoms with Gasteiger partial charge in [-0.15, -0.1) is 0 Å². The van der Waals surface area contributed by atoms with E-state index in [1.807, 2.05) is 41.8 Å². The molecule has 0 aliphatic heterocycles. The van der Waals surface area contributed by atoms with Crippen LogP contribution in [0.5, 0.6) is 0 Å². The molecule has 7 heteroatoms. The number of benzene rings is 2. The predicted molar refractivity (Wildman–Crippen MR) is 151 cm³/mol. The number of nitrogens with one attached hydrogen (secondary N) is 1. The first-order valence-electron chi connectivity index (χ1n) is 13.5. The van der Waals surface area contributed by atoms with Crippen molar-refractivity contribution in [2.45, 2.75) is 51.9 Å². The summed E-state index contributed by atoms with van der Waals surface area (Å²) in [5.74, 6) is 5.20. The minimum atomic E-state index is -0.151. The molecule has 0 radical (unpaired) electrons. The number of nitrogens with zero attached hydrogens (tertiary/aromatic N) is 2. The average molecular weight is 557 g/mol. The number of rotatable bonds is 7. The van der Waals surface area contributed by atoms with Crippen LogP contribution in [0.15, 0.2) is 42.5 Å². The highest BCUT2D eigenvalue weighted by Crippen LogP contribution is 2.57. The largest absolute Gasteiger partial charge is 0.351 e. The summed E-state index contributed by atoms with van der Waals surface area (Å²) in [5.41, 5.74) is 2.71. The quantitative estimate of drug-likeness (QED) is 0.297. The fourth-order valence-electron chi connectivity index (χ4n) is 7.60. The fourth-order valence-corrected chi connectivity index (χ4v) is 8.22. The molecule has 0 spiro atoms. The van der Waals surface area contributed by atoms with Crippen LogP contribution in [0.3, 0.4) is 0 Å². The number of amides is 1. The van der Waals surface area contributed by atoms with Crippen molar-refractivity contribution >= 4 is 40.7 Å².